The van der Waals surface area contributed by atoms with E-state index in [-0.39, 0.29) is 24.5 Å². The van der Waals surface area contributed by atoms with Crippen LogP contribution in [0, 0.1) is 0 Å². The number of rotatable bonds is 43. The number of ether oxygens (including phenoxy) is 1. The van der Waals surface area contributed by atoms with E-state index in [0.29, 0.717) is 19.3 Å². The number of amides is 2. The van der Waals surface area contributed by atoms with Gasteiger partial charge in [-0.3, -0.25) is 14.4 Å². The number of aliphatic hydroxyl groups is 1. The number of aliphatic hydroxyl groups excluding tert-OH is 1. The zero-order valence-corrected chi connectivity index (χ0v) is 37.3. The first-order valence-corrected chi connectivity index (χ1v) is 23.9. The van der Waals surface area contributed by atoms with Gasteiger partial charge in [0.05, 0.1) is 13.2 Å². The summed E-state index contributed by atoms with van der Waals surface area (Å²) in [5.74, 6) is -2.30. The van der Waals surface area contributed by atoms with Crippen LogP contribution in [0.3, 0.4) is 0 Å². The molecule has 4 N–H and O–H groups in total. The summed E-state index contributed by atoms with van der Waals surface area (Å²) >= 11 is 0. The highest BCUT2D eigenvalue weighted by atomic mass is 16.5. The lowest BCUT2D eigenvalue weighted by atomic mass is 10.0. The second-order valence-corrected chi connectivity index (χ2v) is 16.2. The Balaban J connectivity index is 4.07. The zero-order chi connectivity index (χ0) is 42.6. The summed E-state index contributed by atoms with van der Waals surface area (Å²) in [6.45, 7) is 3.46. The Hall–Kier alpha value is -2.94. The van der Waals surface area contributed by atoms with Gasteiger partial charge in [-0.05, 0) is 77.0 Å². The van der Waals surface area contributed by atoms with Gasteiger partial charge in [-0.15, -0.1) is 0 Å². The van der Waals surface area contributed by atoms with Crippen LogP contribution in [0.15, 0.2) is 36.5 Å². The first-order valence-electron chi connectivity index (χ1n) is 23.9. The number of nitrogens with one attached hydrogen (secondary N) is 2. The van der Waals surface area contributed by atoms with Crippen molar-refractivity contribution in [2.75, 3.05) is 13.2 Å². The van der Waals surface area contributed by atoms with Gasteiger partial charge in [0.15, 0.2) is 0 Å². The van der Waals surface area contributed by atoms with E-state index in [1.165, 1.54) is 122 Å². The Bertz CT molecular complexity index is 1070. The third kappa shape index (κ3) is 39.9. The number of hydrogen-bond donors (Lipinski definition) is 4. The minimum Gasteiger partial charge on any atom is -0.480 e. The molecule has 0 aromatic rings. The topological polar surface area (TPSA) is 142 Å². The molecule has 0 saturated carbocycles. The lowest BCUT2D eigenvalue weighted by molar-refractivity contribution is -0.150. The van der Waals surface area contributed by atoms with E-state index < -0.39 is 24.5 Å². The van der Waals surface area contributed by atoms with Crippen LogP contribution in [0.1, 0.15) is 226 Å². The molecule has 0 heterocycles. The Kier molecular flexibility index (Phi) is 41.4. The van der Waals surface area contributed by atoms with Gasteiger partial charge in [0.25, 0.3) is 0 Å². The largest absolute Gasteiger partial charge is 0.480 e. The molecule has 0 aromatic heterocycles. The Morgan fingerprint density at radius 2 is 0.931 bits per heavy atom. The second kappa shape index (κ2) is 43.6. The molecule has 0 radical (unpaired) electrons. The van der Waals surface area contributed by atoms with E-state index in [1.807, 2.05) is 0 Å². The second-order valence-electron chi connectivity index (χ2n) is 16.2. The minimum absolute atomic E-state index is 0.0140. The van der Waals surface area contributed by atoms with Crippen LogP contribution in [0.25, 0.3) is 0 Å². The van der Waals surface area contributed by atoms with Crippen molar-refractivity contribution in [3.05, 3.63) is 36.5 Å². The summed E-state index contributed by atoms with van der Waals surface area (Å²) in [5, 5.41) is 22.5. The molecule has 0 aliphatic carbocycles. The average molecular weight is 817 g/mol. The number of carboxylic acids is 1. The highest BCUT2D eigenvalue weighted by Gasteiger charge is 2.19. The van der Waals surface area contributed by atoms with Gasteiger partial charge in [-0.25, -0.2) is 4.79 Å². The Morgan fingerprint density at radius 1 is 0.517 bits per heavy atom. The fourth-order valence-electron chi connectivity index (χ4n) is 6.96. The highest BCUT2D eigenvalue weighted by molar-refractivity contribution is 5.87. The molecule has 9 nitrogen and oxygen atoms in total. The SMILES string of the molecule is CCCCCCC/C=C\C/C=C\C/C=C\CCCCCCCCCCC(=O)OC(CCCCCCCCC)CCCCCCCC(=O)NCC(=O)NC(CO)C(=O)O. The lowest BCUT2D eigenvalue weighted by Crippen LogP contribution is -2.47. The maximum Gasteiger partial charge on any atom is 0.328 e. The highest BCUT2D eigenvalue weighted by Crippen LogP contribution is 2.19. The smallest absolute Gasteiger partial charge is 0.328 e. The summed E-state index contributed by atoms with van der Waals surface area (Å²) in [6, 6.07) is -1.38. The lowest BCUT2D eigenvalue weighted by Gasteiger charge is -2.18. The van der Waals surface area contributed by atoms with Crippen LogP contribution >= 0.6 is 0 Å². The molecule has 0 aliphatic rings. The molecule has 0 rings (SSSR count). The number of aliphatic carboxylic acids is 1. The summed E-state index contributed by atoms with van der Waals surface area (Å²) in [6.07, 6.45) is 50.4. The van der Waals surface area contributed by atoms with Crippen molar-refractivity contribution in [3.63, 3.8) is 0 Å². The van der Waals surface area contributed by atoms with Crippen molar-refractivity contribution >= 4 is 23.8 Å². The molecular weight excluding hydrogens is 729 g/mol. The van der Waals surface area contributed by atoms with Gasteiger partial charge >= 0.3 is 11.9 Å². The molecule has 0 aliphatic heterocycles. The molecule has 0 fully saturated rings. The molecule has 0 aromatic carbocycles. The third-order valence-electron chi connectivity index (χ3n) is 10.6. The quantitative estimate of drug-likeness (QED) is 0.0273. The van der Waals surface area contributed by atoms with E-state index in [9.17, 15) is 19.2 Å². The van der Waals surface area contributed by atoms with Gasteiger partial charge in [0.2, 0.25) is 11.8 Å². The van der Waals surface area contributed by atoms with Crippen molar-refractivity contribution in [2.45, 2.75) is 238 Å². The number of carbonyl (C=O) groups is 4. The van der Waals surface area contributed by atoms with Crippen molar-refractivity contribution < 1.29 is 34.1 Å². The van der Waals surface area contributed by atoms with Gasteiger partial charge in [-0.2, -0.15) is 0 Å². The first kappa shape index (κ1) is 55.1. The van der Waals surface area contributed by atoms with Gasteiger partial charge in [0, 0.05) is 12.8 Å². The summed E-state index contributed by atoms with van der Waals surface area (Å²) in [7, 11) is 0. The van der Waals surface area contributed by atoms with Crippen LogP contribution in [0.2, 0.25) is 0 Å². The maximum absolute atomic E-state index is 12.8. The van der Waals surface area contributed by atoms with E-state index in [1.54, 1.807) is 0 Å². The molecule has 2 atom stereocenters. The van der Waals surface area contributed by atoms with E-state index in [4.69, 9.17) is 14.9 Å². The van der Waals surface area contributed by atoms with Crippen molar-refractivity contribution in [2.24, 2.45) is 0 Å². The normalized spacial score (nSPS) is 12.7. The molecule has 58 heavy (non-hydrogen) atoms. The number of hydrogen-bond acceptors (Lipinski definition) is 6. The summed E-state index contributed by atoms with van der Waals surface area (Å²) in [4.78, 5) is 47.5. The minimum atomic E-state index is -1.38. The van der Waals surface area contributed by atoms with Crippen molar-refractivity contribution in [1.29, 1.82) is 0 Å². The number of carbonyl (C=O) groups excluding carboxylic acids is 3. The molecule has 2 amide bonds. The van der Waals surface area contributed by atoms with E-state index in [0.717, 1.165) is 70.6 Å². The van der Waals surface area contributed by atoms with E-state index in [2.05, 4.69) is 60.9 Å². The van der Waals surface area contributed by atoms with Crippen LogP contribution in [-0.2, 0) is 23.9 Å². The summed E-state index contributed by atoms with van der Waals surface area (Å²) < 4.78 is 6.01. The molecule has 2 unspecified atom stereocenters. The molecule has 336 valence electrons. The number of esters is 1. The third-order valence-corrected chi connectivity index (χ3v) is 10.6. The molecule has 0 saturated heterocycles. The van der Waals surface area contributed by atoms with Crippen LogP contribution < -0.4 is 10.6 Å². The Labute approximate surface area is 355 Å². The number of unbranched alkanes of at least 4 members (excludes halogenated alkanes) is 23. The van der Waals surface area contributed by atoms with Gasteiger partial charge in [-0.1, -0.05) is 172 Å². The van der Waals surface area contributed by atoms with E-state index >= 15 is 0 Å². The van der Waals surface area contributed by atoms with Crippen LogP contribution in [0.5, 0.6) is 0 Å². The van der Waals surface area contributed by atoms with Crippen molar-refractivity contribution in [1.82, 2.24) is 10.6 Å². The summed E-state index contributed by atoms with van der Waals surface area (Å²) in [5.41, 5.74) is 0. The molecule has 9 heteroatoms. The first-order chi connectivity index (χ1) is 28.3. The van der Waals surface area contributed by atoms with Gasteiger partial charge < -0.3 is 25.6 Å². The fraction of sp³-hybridized carbons (Fsp3) is 0.796. The van der Waals surface area contributed by atoms with Crippen LogP contribution in [0.4, 0.5) is 0 Å². The standard InChI is InChI=1S/C49H88N2O7/c1-3-5-7-9-11-12-13-14-15-16-17-18-19-20-21-22-23-24-25-26-28-33-37-41-48(55)58-44(38-34-30-27-10-8-6-4-2)39-35-31-29-32-36-40-46(53)50-42-47(54)51-45(43-52)49(56)57/h13-14,16-17,19-20,44-45,52H,3-12,15,18,21-43H2,1-2H3,(H,50,53)(H,51,54)(H,56,57)/b14-13-,17-16-,20-19-. The predicted molar refractivity (Wildman–Crippen MR) is 241 cm³/mol. The number of carboxylic acid groups (broad SMARTS) is 1. The molecule has 0 bridgehead atoms. The maximum atomic E-state index is 12.8. The molecular formula is C49H88N2O7. The van der Waals surface area contributed by atoms with Crippen LogP contribution in [-0.4, -0.2) is 59.3 Å². The Morgan fingerprint density at radius 3 is 1.40 bits per heavy atom. The number of allylic oxidation sites excluding steroid dienone is 6. The fourth-order valence-corrected chi connectivity index (χ4v) is 6.96. The molecule has 0 spiro atoms. The van der Waals surface area contributed by atoms with Crippen molar-refractivity contribution in [3.8, 4) is 0 Å². The monoisotopic (exact) mass is 817 g/mol. The van der Waals surface area contributed by atoms with Gasteiger partial charge in [0.1, 0.15) is 12.1 Å². The zero-order valence-electron chi connectivity index (χ0n) is 37.3. The average Bonchev–Trinajstić information content (AvgIpc) is 3.21. The predicted octanol–water partition coefficient (Wildman–Crippen LogP) is 12.2.